The van der Waals surface area contributed by atoms with Crippen molar-refractivity contribution >= 4 is 50.4 Å². The molecule has 3 heterocycles. The van der Waals surface area contributed by atoms with Gasteiger partial charge in [-0.1, -0.05) is 18.5 Å². The molecule has 0 spiro atoms. The van der Waals surface area contributed by atoms with Crippen LogP contribution in [0.3, 0.4) is 0 Å². The van der Waals surface area contributed by atoms with Crippen molar-refractivity contribution in [1.82, 2.24) is 14.9 Å². The van der Waals surface area contributed by atoms with Crippen molar-refractivity contribution in [3.8, 4) is 17.0 Å². The van der Waals surface area contributed by atoms with E-state index >= 15 is 0 Å². The maximum Gasteiger partial charge on any atom is 0.190 e. The molecule has 0 radical (unpaired) electrons. The third kappa shape index (κ3) is 5.38. The van der Waals surface area contributed by atoms with Crippen molar-refractivity contribution in [1.29, 1.82) is 0 Å². The maximum absolute atomic E-state index is 12.7. The predicted molar refractivity (Wildman–Crippen MR) is 151 cm³/mol. The lowest BCUT2D eigenvalue weighted by Crippen LogP contribution is -2.44. The molecule has 7 nitrogen and oxygen atoms in total. The van der Waals surface area contributed by atoms with Crippen molar-refractivity contribution in [3.63, 3.8) is 0 Å². The van der Waals surface area contributed by atoms with Gasteiger partial charge in [0, 0.05) is 52.9 Å². The zero-order valence-corrected chi connectivity index (χ0v) is 22.9. The van der Waals surface area contributed by atoms with Gasteiger partial charge in [-0.2, -0.15) is 0 Å². The van der Waals surface area contributed by atoms with Gasteiger partial charge in [-0.3, -0.25) is 4.79 Å². The van der Waals surface area contributed by atoms with Gasteiger partial charge in [-0.15, -0.1) is 11.3 Å². The lowest BCUT2D eigenvalue weighted by atomic mass is 10.1. The highest BCUT2D eigenvalue weighted by molar-refractivity contribution is 7.16. The van der Waals surface area contributed by atoms with E-state index in [-0.39, 0.29) is 11.9 Å². The highest BCUT2D eigenvalue weighted by Gasteiger charge is 2.23. The Bertz CT molecular complexity index is 1410. The molecule has 2 aromatic carbocycles. The molecule has 4 aromatic rings. The second kappa shape index (κ2) is 11.2. The monoisotopic (exact) mass is 538 g/mol. The van der Waals surface area contributed by atoms with Crippen molar-refractivity contribution in [2.24, 2.45) is 0 Å². The van der Waals surface area contributed by atoms with Crippen LogP contribution in [-0.2, 0) is 16.1 Å². The fourth-order valence-corrected chi connectivity index (χ4v) is 5.89. The summed E-state index contributed by atoms with van der Waals surface area (Å²) in [6, 6.07) is 14.1. The minimum atomic E-state index is -0.382. The van der Waals surface area contributed by atoms with E-state index in [1.54, 1.807) is 18.4 Å². The van der Waals surface area contributed by atoms with Crippen molar-refractivity contribution in [2.75, 3.05) is 38.3 Å². The predicted octanol–water partition coefficient (Wildman–Crippen LogP) is 5.84. The first kappa shape index (κ1) is 25.7. The summed E-state index contributed by atoms with van der Waals surface area (Å²) in [5, 5.41) is 5.86. The van der Waals surface area contributed by atoms with Crippen LogP contribution in [-0.4, -0.2) is 54.8 Å². The largest absolute Gasteiger partial charge is 0.497 e. The van der Waals surface area contributed by atoms with Crippen LogP contribution in [0, 0.1) is 6.92 Å². The highest BCUT2D eigenvalue weighted by atomic mass is 35.5. The minimum absolute atomic E-state index is 0.0874. The standard InChI is InChI=1S/C28H31ClN4O3S/c1-4-11-33(28-31-27(18(2)37-28)22-7-6-21(35-3)15-23(22)29)20-5-8-24-19(14-20)9-12-32(24)17-25(34)26-16-30-10-13-36-26/h5-9,12,14-15,26,30H,4,10-11,13,16-17H2,1-3H3. The number of benzene rings is 2. The number of thiazole rings is 1. The first-order chi connectivity index (χ1) is 18.0. The number of fused-ring (bicyclic) bond motifs is 1. The Labute approximate surface area is 226 Å². The number of ketones is 1. The number of carbonyl (C=O) groups excluding carboxylic acids is 1. The molecular formula is C28H31ClN4O3S. The van der Waals surface area contributed by atoms with E-state index in [1.165, 1.54) is 0 Å². The molecule has 0 amide bonds. The van der Waals surface area contributed by atoms with E-state index < -0.39 is 0 Å². The molecule has 37 heavy (non-hydrogen) atoms. The van der Waals surface area contributed by atoms with Crippen LogP contribution >= 0.6 is 22.9 Å². The van der Waals surface area contributed by atoms with E-state index in [9.17, 15) is 4.79 Å². The molecule has 1 aliphatic rings. The molecule has 2 aromatic heterocycles. The summed E-state index contributed by atoms with van der Waals surface area (Å²) in [6.45, 7) is 7.31. The molecule has 0 saturated carbocycles. The molecule has 9 heteroatoms. The van der Waals surface area contributed by atoms with Crippen LogP contribution < -0.4 is 15.0 Å². The molecule has 194 valence electrons. The van der Waals surface area contributed by atoms with Gasteiger partial charge in [0.2, 0.25) is 0 Å². The van der Waals surface area contributed by atoms with Crippen LogP contribution in [0.15, 0.2) is 48.7 Å². The quantitative estimate of drug-likeness (QED) is 0.289. The third-order valence-electron chi connectivity index (χ3n) is 6.57. The van der Waals surface area contributed by atoms with Crippen molar-refractivity contribution < 1.29 is 14.3 Å². The number of anilines is 2. The van der Waals surface area contributed by atoms with E-state index in [0.29, 0.717) is 24.7 Å². The zero-order valence-electron chi connectivity index (χ0n) is 21.3. The van der Waals surface area contributed by atoms with Crippen LogP contribution in [0.2, 0.25) is 5.02 Å². The molecular weight excluding hydrogens is 508 g/mol. The number of halogens is 1. The fraction of sp³-hybridized carbons (Fsp3) is 0.357. The third-order valence-corrected chi connectivity index (χ3v) is 7.88. The number of methoxy groups -OCH3 is 1. The van der Waals surface area contributed by atoms with Gasteiger partial charge in [0.15, 0.2) is 10.9 Å². The number of Topliss-reactive ketones (excluding diaryl/α,β-unsaturated/α-hetero) is 1. The summed E-state index contributed by atoms with van der Waals surface area (Å²) in [4.78, 5) is 21.1. The Hall–Kier alpha value is -2.91. The molecule has 5 rings (SSSR count). The Morgan fingerprint density at radius 3 is 2.89 bits per heavy atom. The van der Waals surface area contributed by atoms with Crippen LogP contribution in [0.4, 0.5) is 10.8 Å². The Balaban J connectivity index is 1.42. The minimum Gasteiger partial charge on any atom is -0.497 e. The van der Waals surface area contributed by atoms with Gasteiger partial charge in [-0.25, -0.2) is 4.98 Å². The molecule has 1 fully saturated rings. The number of rotatable bonds is 9. The van der Waals surface area contributed by atoms with Gasteiger partial charge < -0.3 is 24.3 Å². The molecule has 1 unspecified atom stereocenters. The lowest BCUT2D eigenvalue weighted by Gasteiger charge is -2.23. The number of aryl methyl sites for hydroxylation is 1. The number of nitrogens with zero attached hydrogens (tertiary/aromatic N) is 3. The van der Waals surface area contributed by atoms with Gasteiger partial charge >= 0.3 is 0 Å². The van der Waals surface area contributed by atoms with E-state index in [4.69, 9.17) is 26.1 Å². The Kier molecular flexibility index (Phi) is 7.81. The molecule has 1 aliphatic heterocycles. The Morgan fingerprint density at radius 1 is 1.30 bits per heavy atom. The lowest BCUT2D eigenvalue weighted by molar-refractivity contribution is -0.132. The molecule has 0 aliphatic carbocycles. The first-order valence-electron chi connectivity index (χ1n) is 12.5. The smallest absolute Gasteiger partial charge is 0.190 e. The van der Waals surface area contributed by atoms with Crippen molar-refractivity contribution in [3.05, 3.63) is 58.6 Å². The summed E-state index contributed by atoms with van der Waals surface area (Å²) in [7, 11) is 1.63. The van der Waals surface area contributed by atoms with Crippen molar-refractivity contribution in [2.45, 2.75) is 32.9 Å². The maximum atomic E-state index is 12.7. The van der Waals surface area contributed by atoms with Gasteiger partial charge in [0.05, 0.1) is 31.0 Å². The van der Waals surface area contributed by atoms with Crippen LogP contribution in [0.5, 0.6) is 5.75 Å². The molecule has 1 saturated heterocycles. The number of aromatic nitrogens is 2. The summed E-state index contributed by atoms with van der Waals surface area (Å²) >= 11 is 8.23. The number of nitrogens with one attached hydrogen (secondary N) is 1. The number of carbonyl (C=O) groups is 1. The molecule has 1 N–H and O–H groups in total. The molecule has 0 bridgehead atoms. The average Bonchev–Trinajstić information content (AvgIpc) is 3.50. The highest BCUT2D eigenvalue weighted by Crippen LogP contribution is 2.39. The fourth-order valence-electron chi connectivity index (χ4n) is 4.66. The first-order valence-corrected chi connectivity index (χ1v) is 13.7. The summed E-state index contributed by atoms with van der Waals surface area (Å²) < 4.78 is 12.9. The number of ether oxygens (including phenoxy) is 2. The van der Waals surface area contributed by atoms with Gasteiger partial charge in [0.25, 0.3) is 0 Å². The summed E-state index contributed by atoms with van der Waals surface area (Å²) in [5.74, 6) is 0.809. The van der Waals surface area contributed by atoms with Gasteiger partial charge in [0.1, 0.15) is 11.9 Å². The van der Waals surface area contributed by atoms with E-state index in [0.717, 1.165) is 63.1 Å². The zero-order chi connectivity index (χ0) is 25.9. The summed E-state index contributed by atoms with van der Waals surface area (Å²) in [6.07, 6.45) is 2.57. The number of morpholine rings is 1. The normalized spacial score (nSPS) is 15.7. The topological polar surface area (TPSA) is 68.6 Å². The van der Waals surface area contributed by atoms with E-state index in [1.807, 2.05) is 29.0 Å². The van der Waals surface area contributed by atoms with Crippen LogP contribution in [0.1, 0.15) is 18.2 Å². The average molecular weight is 539 g/mol. The number of hydrogen-bond donors (Lipinski definition) is 1. The number of hydrogen-bond acceptors (Lipinski definition) is 7. The Morgan fingerprint density at radius 2 is 2.16 bits per heavy atom. The van der Waals surface area contributed by atoms with E-state index in [2.05, 4.69) is 48.3 Å². The second-order valence-electron chi connectivity index (χ2n) is 9.12. The van der Waals surface area contributed by atoms with Gasteiger partial charge in [-0.05, 0) is 55.8 Å². The second-order valence-corrected chi connectivity index (χ2v) is 10.7. The molecule has 1 atom stereocenters. The SMILES string of the molecule is CCCN(c1ccc2c(ccn2CC(=O)C2CNCCO2)c1)c1nc(-c2ccc(OC)cc2Cl)c(C)s1. The van der Waals surface area contributed by atoms with Crippen LogP contribution in [0.25, 0.3) is 22.2 Å². The summed E-state index contributed by atoms with van der Waals surface area (Å²) in [5.41, 5.74) is 3.88.